The van der Waals surface area contributed by atoms with Gasteiger partial charge in [0.1, 0.15) is 10.7 Å². The smallest absolute Gasteiger partial charge is 0.293 e. The van der Waals surface area contributed by atoms with E-state index >= 15 is 0 Å². The molecule has 0 spiro atoms. The fourth-order valence-electron chi connectivity index (χ4n) is 0.721. The van der Waals surface area contributed by atoms with Gasteiger partial charge in [-0.25, -0.2) is 0 Å². The van der Waals surface area contributed by atoms with Crippen molar-refractivity contribution in [2.24, 2.45) is 0 Å². The number of carbonyl (C=O) groups excluding carboxylic acids is 3. The van der Waals surface area contributed by atoms with Crippen LogP contribution in [0.1, 0.15) is 6.92 Å². The normalized spacial score (nSPS) is 11.8. The van der Waals surface area contributed by atoms with Gasteiger partial charge in [0.05, 0.1) is 0 Å². The quantitative estimate of drug-likeness (QED) is 0.182. The Morgan fingerprint density at radius 2 is 1.50 bits per heavy atom. The molecule has 78 valence electrons. The van der Waals surface area contributed by atoms with Crippen molar-refractivity contribution < 1.29 is 14.4 Å². The molecule has 0 unspecified atom stereocenters. The van der Waals surface area contributed by atoms with E-state index in [2.05, 4.69) is 0 Å². The molecular weight excluding hydrogens is 229 g/mol. The highest BCUT2D eigenvalue weighted by Crippen LogP contribution is 2.15. The number of allylic oxidation sites excluding steroid dienone is 1. The number of hydrogen-bond donors (Lipinski definition) is 0. The Labute approximate surface area is 91.5 Å². The van der Waals surface area contributed by atoms with Crippen molar-refractivity contribution in [2.75, 3.05) is 14.1 Å². The summed E-state index contributed by atoms with van der Waals surface area (Å²) in [6.45, 7) is 1.14. The number of halogens is 2. The van der Waals surface area contributed by atoms with Crippen molar-refractivity contribution in [3.8, 4) is 0 Å². The summed E-state index contributed by atoms with van der Waals surface area (Å²) in [7, 11) is 3.08. The second-order valence-electron chi connectivity index (χ2n) is 2.72. The van der Waals surface area contributed by atoms with E-state index in [0.29, 0.717) is 0 Å². The molecule has 4 nitrogen and oxygen atoms in total. The minimum atomic E-state index is -1.23. The lowest BCUT2D eigenvalue weighted by molar-refractivity contribution is -0.131. The minimum Gasteiger partial charge on any atom is -0.368 e. The Morgan fingerprint density at radius 1 is 1.07 bits per heavy atom. The summed E-state index contributed by atoms with van der Waals surface area (Å²) in [5.74, 6) is -1.68. The van der Waals surface area contributed by atoms with Crippen LogP contribution >= 0.6 is 23.2 Å². The largest absolute Gasteiger partial charge is 0.368 e. The van der Waals surface area contributed by atoms with Crippen molar-refractivity contribution in [2.45, 2.75) is 6.92 Å². The number of rotatable bonds is 4. The molecule has 14 heavy (non-hydrogen) atoms. The molecule has 6 heteroatoms. The fraction of sp³-hybridized carbons (Fsp3) is 0.375. The first-order chi connectivity index (χ1) is 6.29. The molecule has 0 atom stereocenters. The van der Waals surface area contributed by atoms with Crippen LogP contribution in [0.3, 0.4) is 0 Å². The van der Waals surface area contributed by atoms with Gasteiger partial charge in [0, 0.05) is 14.1 Å². The predicted molar refractivity (Wildman–Crippen MR) is 53.1 cm³/mol. The molecule has 0 saturated heterocycles. The molecule has 0 aliphatic heterocycles. The average molecular weight is 238 g/mol. The molecule has 0 bridgehead atoms. The SMILES string of the molecule is CC(=O)C(C(=O)C(=O)Cl)=C(Cl)N(C)C. The highest BCUT2D eigenvalue weighted by atomic mass is 35.5. The second-order valence-corrected chi connectivity index (χ2v) is 3.42. The Morgan fingerprint density at radius 3 is 1.71 bits per heavy atom. The maximum Gasteiger partial charge on any atom is 0.293 e. The second kappa shape index (κ2) is 5.12. The zero-order valence-corrected chi connectivity index (χ0v) is 9.44. The van der Waals surface area contributed by atoms with Crippen molar-refractivity contribution in [3.63, 3.8) is 0 Å². The van der Waals surface area contributed by atoms with Gasteiger partial charge in [0.2, 0.25) is 0 Å². The van der Waals surface area contributed by atoms with Crippen LogP contribution in [0.15, 0.2) is 10.7 Å². The maximum absolute atomic E-state index is 11.2. The number of hydrogen-bond acceptors (Lipinski definition) is 4. The van der Waals surface area contributed by atoms with Gasteiger partial charge in [0.15, 0.2) is 5.78 Å². The minimum absolute atomic E-state index is 0.100. The third kappa shape index (κ3) is 3.12. The molecule has 0 radical (unpaired) electrons. The molecular formula is C8H9Cl2NO3. The van der Waals surface area contributed by atoms with Crippen molar-refractivity contribution in [1.82, 2.24) is 4.90 Å². The van der Waals surface area contributed by atoms with E-state index in [4.69, 9.17) is 23.2 Å². The summed E-state index contributed by atoms with van der Waals surface area (Å²) in [6.07, 6.45) is 0. The summed E-state index contributed by atoms with van der Waals surface area (Å²) in [6, 6.07) is 0. The Kier molecular flexibility index (Phi) is 4.80. The molecule has 0 amide bonds. The van der Waals surface area contributed by atoms with Crippen LogP contribution in [-0.2, 0) is 14.4 Å². The topological polar surface area (TPSA) is 54.5 Å². The van der Waals surface area contributed by atoms with E-state index in [1.54, 1.807) is 0 Å². The first-order valence-corrected chi connectivity index (χ1v) is 4.36. The summed E-state index contributed by atoms with van der Waals surface area (Å²) in [5.41, 5.74) is -0.392. The lowest BCUT2D eigenvalue weighted by Gasteiger charge is -2.13. The Bertz CT molecular complexity index is 321. The third-order valence-corrected chi connectivity index (χ3v) is 2.06. The first-order valence-electron chi connectivity index (χ1n) is 3.61. The molecule has 0 aromatic heterocycles. The molecule has 0 rings (SSSR count). The molecule has 0 fully saturated rings. The van der Waals surface area contributed by atoms with Crippen LogP contribution in [-0.4, -0.2) is 35.8 Å². The highest BCUT2D eigenvalue weighted by molar-refractivity contribution is 6.84. The molecule has 0 N–H and O–H groups in total. The summed E-state index contributed by atoms with van der Waals surface area (Å²) >= 11 is 10.6. The van der Waals surface area contributed by atoms with E-state index in [-0.39, 0.29) is 5.16 Å². The van der Waals surface area contributed by atoms with Gasteiger partial charge in [-0.3, -0.25) is 14.4 Å². The van der Waals surface area contributed by atoms with Crippen LogP contribution in [0.2, 0.25) is 0 Å². The number of nitrogens with zero attached hydrogens (tertiary/aromatic N) is 1. The van der Waals surface area contributed by atoms with Crippen LogP contribution in [0, 0.1) is 0 Å². The summed E-state index contributed by atoms with van der Waals surface area (Å²) in [4.78, 5) is 34.1. The van der Waals surface area contributed by atoms with Crippen LogP contribution in [0.4, 0.5) is 0 Å². The van der Waals surface area contributed by atoms with Gasteiger partial charge in [-0.1, -0.05) is 11.6 Å². The molecule has 0 aliphatic carbocycles. The maximum atomic E-state index is 11.2. The first kappa shape index (κ1) is 13.1. The summed E-state index contributed by atoms with van der Waals surface area (Å²) < 4.78 is 0. The molecule has 0 aromatic carbocycles. The van der Waals surface area contributed by atoms with Crippen molar-refractivity contribution >= 4 is 40.0 Å². The Balaban J connectivity index is 5.37. The average Bonchev–Trinajstić information content (AvgIpc) is 2.03. The Hall–Kier alpha value is -0.870. The number of carbonyl (C=O) groups is 3. The lowest BCUT2D eigenvalue weighted by Crippen LogP contribution is -2.22. The van der Waals surface area contributed by atoms with E-state index in [1.165, 1.54) is 19.0 Å². The van der Waals surface area contributed by atoms with Gasteiger partial charge in [-0.05, 0) is 18.5 Å². The molecule has 0 saturated carbocycles. The third-order valence-electron chi connectivity index (χ3n) is 1.36. The highest BCUT2D eigenvalue weighted by Gasteiger charge is 2.24. The zero-order chi connectivity index (χ0) is 11.5. The molecule has 0 heterocycles. The lowest BCUT2D eigenvalue weighted by atomic mass is 10.1. The number of Topliss-reactive ketones (excluding diaryl/α,β-unsaturated/α-hetero) is 2. The molecule has 0 aliphatic rings. The van der Waals surface area contributed by atoms with Crippen molar-refractivity contribution in [3.05, 3.63) is 10.7 Å². The van der Waals surface area contributed by atoms with Crippen LogP contribution in [0.5, 0.6) is 0 Å². The van der Waals surface area contributed by atoms with Crippen molar-refractivity contribution in [1.29, 1.82) is 0 Å². The van der Waals surface area contributed by atoms with Gasteiger partial charge < -0.3 is 4.90 Å². The van der Waals surface area contributed by atoms with Crippen LogP contribution in [0.25, 0.3) is 0 Å². The standard InChI is InChI=1S/C8H9Cl2NO3/c1-4(12)5(6(13)8(10)14)7(9)11(2)3/h1-3H3. The van der Waals surface area contributed by atoms with Gasteiger partial charge in [0.25, 0.3) is 11.0 Å². The zero-order valence-electron chi connectivity index (χ0n) is 7.93. The van der Waals surface area contributed by atoms with E-state index in [1.807, 2.05) is 0 Å². The van der Waals surface area contributed by atoms with Gasteiger partial charge in [-0.15, -0.1) is 0 Å². The predicted octanol–water partition coefficient (Wildman–Crippen LogP) is 0.922. The summed E-state index contributed by atoms with van der Waals surface area (Å²) in [5, 5.41) is -1.33. The van der Waals surface area contributed by atoms with E-state index in [0.717, 1.165) is 6.92 Å². The fourth-order valence-corrected chi connectivity index (χ4v) is 1.03. The monoisotopic (exact) mass is 237 g/mol. The molecule has 0 aromatic rings. The number of ketones is 2. The van der Waals surface area contributed by atoms with Gasteiger partial charge in [-0.2, -0.15) is 0 Å². The van der Waals surface area contributed by atoms with E-state index < -0.39 is 22.4 Å². The van der Waals surface area contributed by atoms with E-state index in [9.17, 15) is 14.4 Å². The van der Waals surface area contributed by atoms with Crippen LogP contribution < -0.4 is 0 Å². The van der Waals surface area contributed by atoms with Gasteiger partial charge >= 0.3 is 0 Å².